The lowest BCUT2D eigenvalue weighted by molar-refractivity contribution is 0.0931. The molecule has 0 saturated carbocycles. The molecule has 0 spiro atoms. The van der Waals surface area contributed by atoms with Crippen LogP contribution in [0.2, 0.25) is 0 Å². The van der Waals surface area contributed by atoms with E-state index in [0.717, 1.165) is 5.56 Å². The van der Waals surface area contributed by atoms with E-state index in [2.05, 4.69) is 5.32 Å². The fourth-order valence-electron chi connectivity index (χ4n) is 1.47. The van der Waals surface area contributed by atoms with Crippen LogP contribution in [0.25, 0.3) is 6.08 Å². The Morgan fingerprint density at radius 2 is 2.14 bits per heavy atom. The van der Waals surface area contributed by atoms with Crippen molar-refractivity contribution in [1.82, 2.24) is 5.32 Å². The summed E-state index contributed by atoms with van der Waals surface area (Å²) < 4.78 is 0. The van der Waals surface area contributed by atoms with Crippen LogP contribution in [0.5, 0.6) is 0 Å². The Morgan fingerprint density at radius 1 is 1.36 bits per heavy atom. The lowest BCUT2D eigenvalue weighted by atomic mass is 10.1. The van der Waals surface area contributed by atoms with E-state index in [4.69, 9.17) is 5.11 Å². The molecule has 72 valence electrons. The van der Waals surface area contributed by atoms with Crippen molar-refractivity contribution in [3.05, 3.63) is 41.5 Å². The van der Waals surface area contributed by atoms with Gasteiger partial charge >= 0.3 is 0 Å². The second-order valence-electron chi connectivity index (χ2n) is 3.21. The van der Waals surface area contributed by atoms with Crippen molar-refractivity contribution in [2.75, 3.05) is 6.61 Å². The van der Waals surface area contributed by atoms with Crippen LogP contribution in [0.15, 0.2) is 30.3 Å². The van der Waals surface area contributed by atoms with E-state index in [0.29, 0.717) is 5.56 Å². The third-order valence-electron chi connectivity index (χ3n) is 2.23. The highest BCUT2D eigenvalue weighted by molar-refractivity contribution is 5.99. The molecule has 1 amide bonds. The van der Waals surface area contributed by atoms with Crippen molar-refractivity contribution < 1.29 is 9.90 Å². The number of carbonyl (C=O) groups excluding carboxylic acids is 1. The van der Waals surface area contributed by atoms with Gasteiger partial charge in [-0.05, 0) is 11.6 Å². The molecular formula is C11H11NO2. The average Bonchev–Trinajstić information content (AvgIpc) is 2.39. The summed E-state index contributed by atoms with van der Waals surface area (Å²) in [6.45, 7) is -0.0732. The molecular weight excluding hydrogens is 178 g/mol. The Labute approximate surface area is 82.1 Å². The van der Waals surface area contributed by atoms with Gasteiger partial charge < -0.3 is 10.4 Å². The van der Waals surface area contributed by atoms with E-state index in [1.165, 1.54) is 0 Å². The Balaban J connectivity index is 2.42. The fourth-order valence-corrected chi connectivity index (χ4v) is 1.47. The van der Waals surface area contributed by atoms with E-state index >= 15 is 0 Å². The maximum atomic E-state index is 11.6. The second kappa shape index (κ2) is 3.64. The van der Waals surface area contributed by atoms with Crippen LogP contribution in [-0.4, -0.2) is 23.7 Å². The lowest BCUT2D eigenvalue weighted by Gasteiger charge is -2.09. The van der Waals surface area contributed by atoms with Gasteiger partial charge in [-0.15, -0.1) is 0 Å². The highest BCUT2D eigenvalue weighted by atomic mass is 16.3. The molecule has 0 radical (unpaired) electrons. The van der Waals surface area contributed by atoms with Crippen molar-refractivity contribution in [1.29, 1.82) is 0 Å². The molecule has 14 heavy (non-hydrogen) atoms. The van der Waals surface area contributed by atoms with E-state index < -0.39 is 0 Å². The first-order chi connectivity index (χ1) is 6.81. The number of benzene rings is 1. The largest absolute Gasteiger partial charge is 0.394 e. The maximum absolute atomic E-state index is 11.6. The van der Waals surface area contributed by atoms with E-state index in [1.807, 2.05) is 24.3 Å². The molecule has 0 fully saturated rings. The maximum Gasteiger partial charge on any atom is 0.252 e. The summed E-state index contributed by atoms with van der Waals surface area (Å²) >= 11 is 0. The van der Waals surface area contributed by atoms with Crippen molar-refractivity contribution in [3.63, 3.8) is 0 Å². The molecule has 1 aromatic rings. The molecule has 0 saturated heterocycles. The number of nitrogens with one attached hydrogen (secondary N) is 1. The van der Waals surface area contributed by atoms with Crippen LogP contribution in [0, 0.1) is 0 Å². The molecule has 0 bridgehead atoms. The zero-order valence-corrected chi connectivity index (χ0v) is 7.60. The van der Waals surface area contributed by atoms with Gasteiger partial charge in [0.25, 0.3) is 5.91 Å². The first kappa shape index (κ1) is 8.97. The van der Waals surface area contributed by atoms with E-state index in [-0.39, 0.29) is 18.6 Å². The third-order valence-corrected chi connectivity index (χ3v) is 2.23. The molecule has 3 nitrogen and oxygen atoms in total. The number of fused-ring (bicyclic) bond motifs is 1. The number of hydrogen-bond donors (Lipinski definition) is 2. The van der Waals surface area contributed by atoms with Crippen LogP contribution in [0.3, 0.4) is 0 Å². The number of carbonyl (C=O) groups is 1. The van der Waals surface area contributed by atoms with Gasteiger partial charge in [0.2, 0.25) is 0 Å². The molecule has 2 rings (SSSR count). The predicted octanol–water partition coefficient (Wildman–Crippen LogP) is 0.804. The summed E-state index contributed by atoms with van der Waals surface area (Å²) in [7, 11) is 0. The van der Waals surface area contributed by atoms with Crippen LogP contribution < -0.4 is 5.32 Å². The number of aliphatic hydroxyl groups is 1. The monoisotopic (exact) mass is 189 g/mol. The van der Waals surface area contributed by atoms with Gasteiger partial charge in [-0.25, -0.2) is 0 Å². The summed E-state index contributed by atoms with van der Waals surface area (Å²) in [6, 6.07) is 7.08. The molecule has 3 heteroatoms. The summed E-state index contributed by atoms with van der Waals surface area (Å²) in [4.78, 5) is 11.6. The van der Waals surface area contributed by atoms with Crippen LogP contribution in [0.4, 0.5) is 0 Å². The minimum absolute atomic E-state index is 0.0732. The van der Waals surface area contributed by atoms with Gasteiger partial charge in [0.15, 0.2) is 0 Å². The fraction of sp³-hybridized carbons (Fsp3) is 0.182. The van der Waals surface area contributed by atoms with Gasteiger partial charge in [-0.2, -0.15) is 0 Å². The lowest BCUT2D eigenvalue weighted by Crippen LogP contribution is -2.35. The molecule has 1 aromatic carbocycles. The zero-order chi connectivity index (χ0) is 9.97. The first-order valence-electron chi connectivity index (χ1n) is 4.50. The molecule has 0 aliphatic carbocycles. The van der Waals surface area contributed by atoms with E-state index in [9.17, 15) is 4.79 Å². The van der Waals surface area contributed by atoms with Crippen LogP contribution in [-0.2, 0) is 0 Å². The Bertz CT molecular complexity index is 385. The molecule has 0 aromatic heterocycles. The summed E-state index contributed by atoms with van der Waals surface area (Å²) in [5.41, 5.74) is 1.54. The molecule has 1 aliphatic heterocycles. The Kier molecular flexibility index (Phi) is 2.33. The van der Waals surface area contributed by atoms with Crippen LogP contribution >= 0.6 is 0 Å². The summed E-state index contributed by atoms with van der Waals surface area (Å²) in [5.74, 6) is -0.135. The third kappa shape index (κ3) is 1.54. The zero-order valence-electron chi connectivity index (χ0n) is 7.60. The van der Waals surface area contributed by atoms with Gasteiger partial charge in [-0.3, -0.25) is 4.79 Å². The first-order valence-corrected chi connectivity index (χ1v) is 4.50. The molecule has 1 unspecified atom stereocenters. The molecule has 1 aliphatic rings. The minimum Gasteiger partial charge on any atom is -0.394 e. The van der Waals surface area contributed by atoms with Gasteiger partial charge in [0, 0.05) is 5.56 Å². The van der Waals surface area contributed by atoms with Crippen molar-refractivity contribution >= 4 is 12.0 Å². The van der Waals surface area contributed by atoms with Gasteiger partial charge in [0.1, 0.15) is 0 Å². The van der Waals surface area contributed by atoms with Gasteiger partial charge in [0.05, 0.1) is 12.6 Å². The standard InChI is InChI=1S/C11H11NO2/c13-7-9-6-5-8-3-1-2-4-10(8)11(14)12-9/h1-6,9,13H,7H2,(H,12,14). The number of aliphatic hydroxyl groups excluding tert-OH is 1. The number of amides is 1. The predicted molar refractivity (Wildman–Crippen MR) is 53.8 cm³/mol. The van der Waals surface area contributed by atoms with Crippen LogP contribution in [0.1, 0.15) is 15.9 Å². The molecule has 1 atom stereocenters. The Hall–Kier alpha value is -1.61. The topological polar surface area (TPSA) is 49.3 Å². The molecule has 1 heterocycles. The quantitative estimate of drug-likeness (QED) is 0.686. The average molecular weight is 189 g/mol. The van der Waals surface area contributed by atoms with Gasteiger partial charge in [-0.1, -0.05) is 30.4 Å². The van der Waals surface area contributed by atoms with E-state index in [1.54, 1.807) is 12.1 Å². The second-order valence-corrected chi connectivity index (χ2v) is 3.21. The summed E-state index contributed by atoms with van der Waals surface area (Å²) in [5, 5.41) is 11.7. The highest BCUT2D eigenvalue weighted by Crippen LogP contribution is 2.14. The van der Waals surface area contributed by atoms with Crippen molar-refractivity contribution in [3.8, 4) is 0 Å². The smallest absolute Gasteiger partial charge is 0.252 e. The minimum atomic E-state index is -0.283. The summed E-state index contributed by atoms with van der Waals surface area (Å²) in [6.07, 6.45) is 3.65. The Morgan fingerprint density at radius 3 is 2.93 bits per heavy atom. The SMILES string of the molecule is O=C1NC(CO)C=Cc2ccccc21. The number of rotatable bonds is 1. The number of hydrogen-bond acceptors (Lipinski definition) is 2. The van der Waals surface area contributed by atoms with Crippen molar-refractivity contribution in [2.45, 2.75) is 6.04 Å². The molecule has 2 N–H and O–H groups in total. The van der Waals surface area contributed by atoms with Crippen molar-refractivity contribution in [2.24, 2.45) is 0 Å². The normalized spacial score (nSPS) is 19.8. The highest BCUT2D eigenvalue weighted by Gasteiger charge is 2.15.